The number of hydrogen-bond acceptors (Lipinski definition) is 7. The van der Waals surface area contributed by atoms with Crippen LogP contribution in [-0.2, 0) is 19.1 Å². The molecule has 0 radical (unpaired) electrons. The van der Waals surface area contributed by atoms with E-state index in [9.17, 15) is 24.3 Å². The number of aromatic amines is 1. The van der Waals surface area contributed by atoms with Crippen LogP contribution < -0.4 is 11.2 Å². The molecule has 0 aliphatic carbocycles. The second-order valence-corrected chi connectivity index (χ2v) is 16.1. The van der Waals surface area contributed by atoms with Gasteiger partial charge in [-0.25, -0.2) is 4.79 Å². The van der Waals surface area contributed by atoms with Crippen molar-refractivity contribution in [2.45, 2.75) is 218 Å². The van der Waals surface area contributed by atoms with Crippen LogP contribution in [0.4, 0.5) is 0 Å². The van der Waals surface area contributed by atoms with Gasteiger partial charge in [0.1, 0.15) is 18.9 Å². The Morgan fingerprint density at radius 1 is 0.745 bits per heavy atom. The number of aromatic nitrogens is 2. The molecule has 1 saturated heterocycles. The molecular formula is C41H71IN2O7. The molecule has 0 amide bonds. The normalized spacial score (nSPS) is 18.7. The quantitative estimate of drug-likeness (QED) is 0.0420. The number of esters is 1. The van der Waals surface area contributed by atoms with Crippen molar-refractivity contribution < 1.29 is 24.2 Å². The van der Waals surface area contributed by atoms with Gasteiger partial charge in [-0.1, -0.05) is 168 Å². The highest BCUT2D eigenvalue weighted by atomic mass is 127. The van der Waals surface area contributed by atoms with Crippen LogP contribution >= 0.6 is 22.6 Å². The summed E-state index contributed by atoms with van der Waals surface area (Å²) in [6.45, 7) is 4.22. The maximum Gasteiger partial charge on any atom is 0.330 e. The van der Waals surface area contributed by atoms with E-state index in [-0.39, 0.29) is 41.2 Å². The molecular weight excluding hydrogens is 759 g/mol. The van der Waals surface area contributed by atoms with Crippen LogP contribution in [0.1, 0.15) is 206 Å². The molecule has 1 aliphatic rings. The van der Waals surface area contributed by atoms with Crippen LogP contribution in [0.25, 0.3) is 0 Å². The lowest BCUT2D eigenvalue weighted by Gasteiger charge is -2.26. The van der Waals surface area contributed by atoms with Crippen molar-refractivity contribution in [2.24, 2.45) is 0 Å². The van der Waals surface area contributed by atoms with Gasteiger partial charge in [0, 0.05) is 25.5 Å². The highest BCUT2D eigenvalue weighted by Gasteiger charge is 2.53. The zero-order valence-corrected chi connectivity index (χ0v) is 34.3. The van der Waals surface area contributed by atoms with Crippen LogP contribution in [0.2, 0.25) is 0 Å². The fourth-order valence-electron chi connectivity index (χ4n) is 7.10. The number of rotatable bonds is 32. The number of nitrogens with one attached hydrogen (secondary N) is 1. The number of unbranched alkanes of at least 4 members (excludes halogenated alkanes) is 24. The molecule has 0 aromatic carbocycles. The molecule has 0 bridgehead atoms. The number of ketones is 1. The molecule has 294 valence electrons. The van der Waals surface area contributed by atoms with E-state index in [1.165, 1.54) is 133 Å². The summed E-state index contributed by atoms with van der Waals surface area (Å²) in [6, 6.07) is 0. The fourth-order valence-corrected chi connectivity index (χ4v) is 7.54. The molecule has 1 aromatic rings. The first kappa shape index (κ1) is 45.6. The second-order valence-electron chi connectivity index (χ2n) is 14.9. The number of aliphatic hydroxyl groups is 1. The number of Topliss-reactive ketones (excluding diaryl/α,β-unsaturated/α-hetero) is 1. The Morgan fingerprint density at radius 2 is 1.16 bits per heavy atom. The predicted octanol–water partition coefficient (Wildman–Crippen LogP) is 10.2. The maximum atomic E-state index is 13.5. The van der Waals surface area contributed by atoms with Gasteiger partial charge in [-0.3, -0.25) is 23.9 Å². The number of halogens is 1. The van der Waals surface area contributed by atoms with Crippen LogP contribution in [0.5, 0.6) is 0 Å². The Kier molecular flexibility index (Phi) is 25.0. The van der Waals surface area contributed by atoms with Gasteiger partial charge in [0.2, 0.25) is 0 Å². The van der Waals surface area contributed by atoms with Gasteiger partial charge in [0.15, 0.2) is 11.4 Å². The van der Waals surface area contributed by atoms with Gasteiger partial charge in [-0.15, -0.1) is 0 Å². The largest absolute Gasteiger partial charge is 0.463 e. The third-order valence-electron chi connectivity index (χ3n) is 10.4. The first-order valence-corrected chi connectivity index (χ1v) is 21.9. The fraction of sp³-hybridized carbons (Fsp3) is 0.854. The summed E-state index contributed by atoms with van der Waals surface area (Å²) < 4.78 is 13.1. The molecule has 2 rings (SSSR count). The molecule has 1 aliphatic heterocycles. The molecule has 0 unspecified atom stereocenters. The summed E-state index contributed by atoms with van der Waals surface area (Å²) in [4.78, 5) is 53.0. The standard InChI is InChI=1S/C41H71IN2O7/c1-3-5-7-9-11-13-15-17-19-21-23-25-27-29-35(45)41(49)31-37(44-32-34(42)39(47)43-40(44)48)51-36(41)33-50-38(46)30-28-26-24-22-20-18-16-14-12-10-8-6-4-2/h32,36-37,49H,3-31,33H2,1-2H3,(H,43,47,48)/t36-,37-,41-/m1/s1. The predicted molar refractivity (Wildman–Crippen MR) is 214 cm³/mol. The molecule has 1 aromatic heterocycles. The number of carbonyl (C=O) groups excluding carboxylic acids is 2. The van der Waals surface area contributed by atoms with Gasteiger partial charge < -0.3 is 14.6 Å². The molecule has 2 heterocycles. The summed E-state index contributed by atoms with van der Waals surface area (Å²) >= 11 is 1.83. The summed E-state index contributed by atoms with van der Waals surface area (Å²) in [5.41, 5.74) is -3.10. The van der Waals surface area contributed by atoms with E-state index in [1.807, 2.05) is 22.6 Å². The molecule has 10 heteroatoms. The van der Waals surface area contributed by atoms with Crippen LogP contribution in [-0.4, -0.2) is 44.7 Å². The molecule has 2 N–H and O–H groups in total. The average molecular weight is 831 g/mol. The first-order valence-electron chi connectivity index (χ1n) is 20.8. The number of carbonyl (C=O) groups is 2. The molecule has 9 nitrogen and oxygen atoms in total. The van der Waals surface area contributed by atoms with E-state index in [2.05, 4.69) is 18.8 Å². The van der Waals surface area contributed by atoms with Crippen molar-refractivity contribution in [1.82, 2.24) is 9.55 Å². The smallest absolute Gasteiger partial charge is 0.330 e. The Labute approximate surface area is 322 Å². The summed E-state index contributed by atoms with van der Waals surface area (Å²) in [7, 11) is 0. The third kappa shape index (κ3) is 18.9. The number of nitrogens with zero attached hydrogens (tertiary/aromatic N) is 1. The molecule has 51 heavy (non-hydrogen) atoms. The van der Waals surface area contributed by atoms with Crippen molar-refractivity contribution in [3.8, 4) is 0 Å². The number of H-pyrrole nitrogens is 1. The van der Waals surface area contributed by atoms with E-state index in [1.54, 1.807) is 0 Å². The monoisotopic (exact) mass is 830 g/mol. The van der Waals surface area contributed by atoms with E-state index in [0.29, 0.717) is 6.42 Å². The second kappa shape index (κ2) is 28.0. The Morgan fingerprint density at radius 3 is 1.61 bits per heavy atom. The van der Waals surface area contributed by atoms with Gasteiger partial charge in [0.25, 0.3) is 5.56 Å². The van der Waals surface area contributed by atoms with Crippen molar-refractivity contribution in [3.05, 3.63) is 30.6 Å². The van der Waals surface area contributed by atoms with Crippen molar-refractivity contribution in [3.63, 3.8) is 0 Å². The summed E-state index contributed by atoms with van der Waals surface area (Å²) in [5.74, 6) is -0.745. The van der Waals surface area contributed by atoms with Crippen LogP contribution in [0, 0.1) is 3.57 Å². The zero-order valence-electron chi connectivity index (χ0n) is 32.2. The highest BCUT2D eigenvalue weighted by Crippen LogP contribution is 2.38. The minimum atomic E-state index is -1.90. The van der Waals surface area contributed by atoms with Crippen molar-refractivity contribution in [1.29, 1.82) is 0 Å². The Balaban J connectivity index is 1.75. The summed E-state index contributed by atoms with van der Waals surface area (Å²) in [5, 5.41) is 11.7. The number of hydrogen-bond donors (Lipinski definition) is 2. The average Bonchev–Trinajstić information content (AvgIpc) is 3.46. The van der Waals surface area contributed by atoms with E-state index in [4.69, 9.17) is 9.47 Å². The van der Waals surface area contributed by atoms with Crippen LogP contribution in [0.15, 0.2) is 15.8 Å². The van der Waals surface area contributed by atoms with E-state index >= 15 is 0 Å². The highest BCUT2D eigenvalue weighted by molar-refractivity contribution is 14.1. The maximum absolute atomic E-state index is 13.5. The molecule has 3 atom stereocenters. The first-order chi connectivity index (χ1) is 24.7. The lowest BCUT2D eigenvalue weighted by atomic mass is 9.87. The van der Waals surface area contributed by atoms with Crippen molar-refractivity contribution >= 4 is 34.3 Å². The zero-order chi connectivity index (χ0) is 37.2. The van der Waals surface area contributed by atoms with E-state index in [0.717, 1.165) is 38.5 Å². The van der Waals surface area contributed by atoms with Crippen molar-refractivity contribution in [2.75, 3.05) is 6.61 Å². The van der Waals surface area contributed by atoms with E-state index < -0.39 is 29.2 Å². The van der Waals surface area contributed by atoms with Gasteiger partial charge >= 0.3 is 11.7 Å². The SMILES string of the molecule is CCCCCCCCCCCCCCCC(=O)OC[C@H]1O[C@@H](n2cc(I)c(=O)[nH]c2=O)C[C@@]1(O)C(=O)CCCCCCCCCCCCCCC. The summed E-state index contributed by atoms with van der Waals surface area (Å²) in [6.07, 6.45) is 30.9. The van der Waals surface area contributed by atoms with Gasteiger partial charge in [-0.05, 0) is 35.4 Å². The third-order valence-corrected chi connectivity index (χ3v) is 11.2. The minimum absolute atomic E-state index is 0.159. The Hall–Kier alpha value is -1.53. The lowest BCUT2D eigenvalue weighted by Crippen LogP contribution is -2.48. The minimum Gasteiger partial charge on any atom is -0.463 e. The Bertz CT molecular complexity index is 1200. The molecule has 0 spiro atoms. The topological polar surface area (TPSA) is 128 Å². The van der Waals surface area contributed by atoms with Crippen LogP contribution in [0.3, 0.4) is 0 Å². The number of ether oxygens (including phenoxy) is 2. The van der Waals surface area contributed by atoms with Gasteiger partial charge in [-0.2, -0.15) is 0 Å². The molecule has 0 saturated carbocycles. The lowest BCUT2D eigenvalue weighted by molar-refractivity contribution is -0.160. The van der Waals surface area contributed by atoms with Gasteiger partial charge in [0.05, 0.1) is 3.57 Å². The molecule has 1 fully saturated rings.